The first-order valence-corrected chi connectivity index (χ1v) is 10.0. The lowest BCUT2D eigenvalue weighted by molar-refractivity contribution is -0.122. The number of hydrogen-bond donors (Lipinski definition) is 2. The number of unbranched alkanes of at least 4 members (excludes halogenated alkanes) is 2. The van der Waals surface area contributed by atoms with Crippen LogP contribution in [0.2, 0.25) is 0 Å². The van der Waals surface area contributed by atoms with E-state index in [0.717, 1.165) is 44.2 Å². The van der Waals surface area contributed by atoms with Gasteiger partial charge in [-0.2, -0.15) is 0 Å². The molecule has 29 heavy (non-hydrogen) atoms. The van der Waals surface area contributed by atoms with E-state index in [4.69, 9.17) is 6.42 Å². The van der Waals surface area contributed by atoms with E-state index >= 15 is 0 Å². The van der Waals surface area contributed by atoms with Crippen LogP contribution in [0.1, 0.15) is 61.9 Å². The molecule has 0 radical (unpaired) electrons. The number of terminal acetylenes is 1. The fourth-order valence-electron chi connectivity index (χ4n) is 3.44. The molecule has 2 heterocycles. The Hall–Kier alpha value is -3.21. The summed E-state index contributed by atoms with van der Waals surface area (Å²) in [5.74, 6) is 2.44. The van der Waals surface area contributed by atoms with Crippen molar-refractivity contribution >= 4 is 11.8 Å². The lowest BCUT2D eigenvalue weighted by Gasteiger charge is -2.29. The Labute approximate surface area is 170 Å². The van der Waals surface area contributed by atoms with Crippen LogP contribution in [0.25, 0.3) is 5.69 Å². The van der Waals surface area contributed by atoms with Crippen LogP contribution in [0.15, 0.2) is 30.7 Å². The highest BCUT2D eigenvalue weighted by atomic mass is 16.2. The molecule has 8 heteroatoms. The quantitative estimate of drug-likeness (QED) is 0.527. The SMILES string of the molecule is C#CCCCCC(=O)NC1CCC(NC(=O)c2cn(-c3cccnc3)nn2)CC1. The molecule has 0 saturated heterocycles. The highest BCUT2D eigenvalue weighted by Crippen LogP contribution is 2.19. The molecule has 2 aromatic heterocycles. The number of rotatable bonds is 8. The minimum Gasteiger partial charge on any atom is -0.353 e. The predicted molar refractivity (Wildman–Crippen MR) is 108 cm³/mol. The van der Waals surface area contributed by atoms with Crippen LogP contribution in [0.4, 0.5) is 0 Å². The third-order valence-electron chi connectivity index (χ3n) is 5.04. The predicted octanol–water partition coefficient (Wildman–Crippen LogP) is 2.01. The molecule has 0 aromatic carbocycles. The topological polar surface area (TPSA) is 102 Å². The van der Waals surface area contributed by atoms with Gasteiger partial charge >= 0.3 is 0 Å². The number of hydrogen-bond acceptors (Lipinski definition) is 5. The zero-order valence-electron chi connectivity index (χ0n) is 16.4. The van der Waals surface area contributed by atoms with Gasteiger partial charge in [0.2, 0.25) is 5.91 Å². The van der Waals surface area contributed by atoms with Crippen LogP contribution >= 0.6 is 0 Å². The largest absolute Gasteiger partial charge is 0.353 e. The Morgan fingerprint density at radius 3 is 2.62 bits per heavy atom. The Kier molecular flexibility index (Phi) is 7.34. The van der Waals surface area contributed by atoms with Gasteiger partial charge in [0.1, 0.15) is 0 Å². The fourth-order valence-corrected chi connectivity index (χ4v) is 3.44. The van der Waals surface area contributed by atoms with Gasteiger partial charge in [-0.25, -0.2) is 4.68 Å². The van der Waals surface area contributed by atoms with Crippen molar-refractivity contribution in [3.05, 3.63) is 36.4 Å². The Morgan fingerprint density at radius 2 is 1.93 bits per heavy atom. The number of aromatic nitrogens is 4. The van der Waals surface area contributed by atoms with Crippen molar-refractivity contribution in [3.8, 4) is 18.0 Å². The molecule has 1 saturated carbocycles. The molecule has 0 bridgehead atoms. The molecule has 152 valence electrons. The maximum Gasteiger partial charge on any atom is 0.273 e. The number of carbonyl (C=O) groups is 2. The van der Waals surface area contributed by atoms with E-state index in [-0.39, 0.29) is 29.6 Å². The van der Waals surface area contributed by atoms with Gasteiger partial charge in [-0.1, -0.05) is 5.21 Å². The summed E-state index contributed by atoms with van der Waals surface area (Å²) < 4.78 is 1.53. The van der Waals surface area contributed by atoms with Crippen molar-refractivity contribution in [3.63, 3.8) is 0 Å². The minimum absolute atomic E-state index is 0.0785. The second-order valence-electron chi connectivity index (χ2n) is 7.26. The molecule has 1 aliphatic rings. The summed E-state index contributed by atoms with van der Waals surface area (Å²) in [4.78, 5) is 28.5. The Balaban J connectivity index is 1.40. The number of pyridine rings is 1. The van der Waals surface area contributed by atoms with E-state index in [0.29, 0.717) is 12.8 Å². The molecule has 3 rings (SSSR count). The lowest BCUT2D eigenvalue weighted by Crippen LogP contribution is -2.43. The highest BCUT2D eigenvalue weighted by molar-refractivity contribution is 5.92. The molecule has 0 unspecified atom stereocenters. The Morgan fingerprint density at radius 1 is 1.17 bits per heavy atom. The lowest BCUT2D eigenvalue weighted by atomic mass is 9.91. The first kappa shape index (κ1) is 20.5. The molecule has 0 aliphatic heterocycles. The van der Waals surface area contributed by atoms with Crippen LogP contribution in [0.5, 0.6) is 0 Å². The summed E-state index contributed by atoms with van der Waals surface area (Å²) in [6.07, 6.45) is 16.4. The van der Waals surface area contributed by atoms with Gasteiger partial charge in [0.15, 0.2) is 5.69 Å². The number of carbonyl (C=O) groups excluding carboxylic acids is 2. The zero-order chi connectivity index (χ0) is 20.5. The summed E-state index contributed by atoms with van der Waals surface area (Å²) in [5, 5.41) is 14.1. The van der Waals surface area contributed by atoms with Gasteiger partial charge in [0, 0.05) is 31.1 Å². The summed E-state index contributed by atoms with van der Waals surface area (Å²) in [6.45, 7) is 0. The van der Waals surface area contributed by atoms with E-state index in [1.165, 1.54) is 4.68 Å². The highest BCUT2D eigenvalue weighted by Gasteiger charge is 2.24. The molecule has 1 aliphatic carbocycles. The standard InChI is InChI=1S/C21H26N6O2/c1-2-3-4-5-8-20(28)23-16-9-11-17(12-10-16)24-21(29)19-15-27(26-25-19)18-7-6-13-22-14-18/h1,6-7,13-17H,3-5,8-12H2,(H,23,28)(H,24,29). The smallest absolute Gasteiger partial charge is 0.273 e. The number of nitrogens with zero attached hydrogens (tertiary/aromatic N) is 4. The van der Waals surface area contributed by atoms with Crippen molar-refractivity contribution in [1.29, 1.82) is 0 Å². The van der Waals surface area contributed by atoms with Gasteiger partial charge in [-0.15, -0.1) is 17.4 Å². The van der Waals surface area contributed by atoms with Gasteiger partial charge in [-0.3, -0.25) is 14.6 Å². The summed E-state index contributed by atoms with van der Waals surface area (Å²) >= 11 is 0. The third-order valence-corrected chi connectivity index (χ3v) is 5.04. The molecule has 2 aromatic rings. The van der Waals surface area contributed by atoms with Crippen LogP contribution in [0, 0.1) is 12.3 Å². The Bertz CT molecular complexity index is 850. The van der Waals surface area contributed by atoms with Crippen LogP contribution in [-0.4, -0.2) is 43.9 Å². The summed E-state index contributed by atoms with van der Waals surface area (Å²) in [6, 6.07) is 3.89. The maximum absolute atomic E-state index is 12.5. The normalized spacial score (nSPS) is 18.6. The van der Waals surface area contributed by atoms with Crippen LogP contribution < -0.4 is 10.6 Å². The van der Waals surface area contributed by atoms with Gasteiger partial charge in [0.25, 0.3) is 5.91 Å². The van der Waals surface area contributed by atoms with Gasteiger partial charge < -0.3 is 10.6 Å². The third kappa shape index (κ3) is 6.14. The monoisotopic (exact) mass is 394 g/mol. The number of amides is 2. The van der Waals surface area contributed by atoms with Gasteiger partial charge in [0.05, 0.1) is 18.1 Å². The van der Waals surface area contributed by atoms with Crippen molar-refractivity contribution in [2.24, 2.45) is 0 Å². The molecule has 2 N–H and O–H groups in total. The van der Waals surface area contributed by atoms with E-state index in [2.05, 4.69) is 31.9 Å². The van der Waals surface area contributed by atoms with Crippen molar-refractivity contribution in [2.75, 3.05) is 0 Å². The first-order valence-electron chi connectivity index (χ1n) is 10.0. The van der Waals surface area contributed by atoms with Crippen LogP contribution in [0.3, 0.4) is 0 Å². The van der Waals surface area contributed by atoms with Crippen LogP contribution in [-0.2, 0) is 4.79 Å². The fraction of sp³-hybridized carbons (Fsp3) is 0.476. The molecule has 1 fully saturated rings. The summed E-state index contributed by atoms with van der Waals surface area (Å²) in [7, 11) is 0. The van der Waals surface area contributed by atoms with E-state index in [1.54, 1.807) is 24.7 Å². The second-order valence-corrected chi connectivity index (χ2v) is 7.26. The molecular formula is C21H26N6O2. The molecule has 0 spiro atoms. The molecule has 2 amide bonds. The molecule has 8 nitrogen and oxygen atoms in total. The minimum atomic E-state index is -0.235. The average molecular weight is 394 g/mol. The summed E-state index contributed by atoms with van der Waals surface area (Å²) in [5.41, 5.74) is 1.02. The first-order chi connectivity index (χ1) is 14.2. The van der Waals surface area contributed by atoms with Crippen molar-refractivity contribution < 1.29 is 9.59 Å². The van der Waals surface area contributed by atoms with Crippen molar-refractivity contribution in [2.45, 2.75) is 63.5 Å². The van der Waals surface area contributed by atoms with E-state index in [1.807, 2.05) is 6.07 Å². The zero-order valence-corrected chi connectivity index (χ0v) is 16.4. The molecule has 0 atom stereocenters. The van der Waals surface area contributed by atoms with Crippen molar-refractivity contribution in [1.82, 2.24) is 30.6 Å². The molecular weight excluding hydrogens is 368 g/mol. The second kappa shape index (κ2) is 10.4. The number of nitrogens with one attached hydrogen (secondary N) is 2. The van der Waals surface area contributed by atoms with E-state index in [9.17, 15) is 9.59 Å². The van der Waals surface area contributed by atoms with E-state index < -0.39 is 0 Å². The van der Waals surface area contributed by atoms with Gasteiger partial charge in [-0.05, 0) is 50.7 Å². The average Bonchev–Trinajstić information content (AvgIpc) is 3.24. The maximum atomic E-state index is 12.5.